The van der Waals surface area contributed by atoms with E-state index < -0.39 is 0 Å². The zero-order chi connectivity index (χ0) is 9.84. The Hall–Kier alpha value is -1.07. The number of aromatic nitrogens is 2. The highest BCUT2D eigenvalue weighted by molar-refractivity contribution is 5.85. The molecule has 0 spiro atoms. The van der Waals surface area contributed by atoms with Crippen LogP contribution in [0.5, 0.6) is 0 Å². The van der Waals surface area contributed by atoms with E-state index in [-0.39, 0.29) is 23.7 Å². The molecule has 1 aromatic heterocycles. The Bertz CT molecular complexity index is 396. The van der Waals surface area contributed by atoms with Crippen LogP contribution in [0.25, 0.3) is 0 Å². The number of hydrogen-bond donors (Lipinski definition) is 2. The van der Waals surface area contributed by atoms with Crippen LogP contribution in [0.3, 0.4) is 0 Å². The van der Waals surface area contributed by atoms with Gasteiger partial charge in [0.05, 0.1) is 0 Å². The van der Waals surface area contributed by atoms with E-state index in [1.54, 1.807) is 13.1 Å². The Morgan fingerprint density at radius 3 is 2.71 bits per heavy atom. The summed E-state index contributed by atoms with van der Waals surface area (Å²) in [4.78, 5) is 24.4. The Morgan fingerprint density at radius 1 is 1.50 bits per heavy atom. The van der Waals surface area contributed by atoms with Crippen molar-refractivity contribution in [1.29, 1.82) is 0 Å². The highest BCUT2D eigenvalue weighted by Gasteiger charge is 1.98. The number of rotatable bonds is 3. The minimum Gasteiger partial charge on any atom is -0.330 e. The third-order valence-electron chi connectivity index (χ3n) is 1.79. The van der Waals surface area contributed by atoms with Crippen LogP contribution in [-0.2, 0) is 6.54 Å². The predicted octanol–water partition coefficient (Wildman–Crippen LogP) is -0.384. The van der Waals surface area contributed by atoms with Gasteiger partial charge in [0.2, 0.25) is 0 Å². The quantitative estimate of drug-likeness (QED) is 0.727. The lowest BCUT2D eigenvalue weighted by molar-refractivity contribution is 0.608. The summed E-state index contributed by atoms with van der Waals surface area (Å²) in [6, 6.07) is 0. The Morgan fingerprint density at radius 2 is 2.14 bits per heavy atom. The topological polar surface area (TPSA) is 80.9 Å². The molecule has 5 nitrogen and oxygen atoms in total. The first-order chi connectivity index (χ1) is 6.15. The van der Waals surface area contributed by atoms with E-state index >= 15 is 0 Å². The second kappa shape index (κ2) is 5.62. The molecule has 1 rings (SSSR count). The highest BCUT2D eigenvalue weighted by Crippen LogP contribution is 1.86. The fraction of sp³-hybridized carbons (Fsp3) is 0.500. The molecule has 0 saturated heterocycles. The van der Waals surface area contributed by atoms with E-state index in [1.807, 2.05) is 0 Å². The molecule has 0 bridgehead atoms. The number of hydrogen-bond acceptors (Lipinski definition) is 3. The fourth-order valence-corrected chi connectivity index (χ4v) is 1.05. The van der Waals surface area contributed by atoms with Gasteiger partial charge in [-0.1, -0.05) is 0 Å². The summed E-state index contributed by atoms with van der Waals surface area (Å²) in [6.07, 6.45) is 2.28. The number of nitrogens with one attached hydrogen (secondary N) is 1. The average Bonchev–Trinajstić information content (AvgIpc) is 2.09. The summed E-state index contributed by atoms with van der Waals surface area (Å²) in [7, 11) is 0. The van der Waals surface area contributed by atoms with Crippen molar-refractivity contribution < 1.29 is 0 Å². The van der Waals surface area contributed by atoms with E-state index in [0.717, 1.165) is 6.42 Å². The van der Waals surface area contributed by atoms with Gasteiger partial charge in [-0.05, 0) is 19.9 Å². The summed E-state index contributed by atoms with van der Waals surface area (Å²) in [6.45, 7) is 2.74. The molecule has 0 aliphatic carbocycles. The second-order valence-electron chi connectivity index (χ2n) is 2.91. The lowest BCUT2D eigenvalue weighted by Gasteiger charge is -2.03. The summed E-state index contributed by atoms with van der Waals surface area (Å²) in [5, 5.41) is 0. The van der Waals surface area contributed by atoms with Gasteiger partial charge in [0.25, 0.3) is 5.56 Å². The van der Waals surface area contributed by atoms with Crippen molar-refractivity contribution in [2.24, 2.45) is 5.73 Å². The normalized spacial score (nSPS) is 9.57. The molecule has 0 unspecified atom stereocenters. The average molecular weight is 220 g/mol. The van der Waals surface area contributed by atoms with Crippen LogP contribution in [-0.4, -0.2) is 16.1 Å². The van der Waals surface area contributed by atoms with Crippen LogP contribution in [0.4, 0.5) is 0 Å². The van der Waals surface area contributed by atoms with Crippen LogP contribution in [0, 0.1) is 6.92 Å². The molecule has 6 heteroatoms. The Balaban J connectivity index is 0.00000169. The van der Waals surface area contributed by atoms with Crippen LogP contribution in [0.1, 0.15) is 12.0 Å². The number of nitrogens with zero attached hydrogens (tertiary/aromatic N) is 1. The van der Waals surface area contributed by atoms with Gasteiger partial charge in [-0.3, -0.25) is 9.78 Å². The first-order valence-electron chi connectivity index (χ1n) is 4.15. The molecule has 0 amide bonds. The van der Waals surface area contributed by atoms with Crippen molar-refractivity contribution in [2.45, 2.75) is 19.9 Å². The van der Waals surface area contributed by atoms with Crippen LogP contribution >= 0.6 is 12.4 Å². The SMILES string of the molecule is Cc1cn(CCCN)c(=O)[nH]c1=O.Cl. The molecule has 1 heterocycles. The van der Waals surface area contributed by atoms with Gasteiger partial charge in [-0.15, -0.1) is 12.4 Å². The third kappa shape index (κ3) is 3.01. The molecule has 0 fully saturated rings. The summed E-state index contributed by atoms with van der Waals surface area (Å²) >= 11 is 0. The largest absolute Gasteiger partial charge is 0.330 e. The minimum absolute atomic E-state index is 0. The van der Waals surface area contributed by atoms with Gasteiger partial charge in [0, 0.05) is 18.3 Å². The van der Waals surface area contributed by atoms with Crippen LogP contribution in [0.15, 0.2) is 15.8 Å². The van der Waals surface area contributed by atoms with Crippen molar-refractivity contribution in [3.8, 4) is 0 Å². The molecule has 0 saturated carbocycles. The van der Waals surface area contributed by atoms with E-state index in [9.17, 15) is 9.59 Å². The molecule has 0 aromatic carbocycles. The zero-order valence-electron chi connectivity index (χ0n) is 7.95. The van der Waals surface area contributed by atoms with Crippen LogP contribution in [0.2, 0.25) is 0 Å². The van der Waals surface area contributed by atoms with E-state index in [1.165, 1.54) is 4.57 Å². The molecule has 0 radical (unpaired) electrons. The number of aryl methyl sites for hydroxylation is 2. The maximum Gasteiger partial charge on any atom is 0.328 e. The summed E-state index contributed by atoms with van der Waals surface area (Å²) in [5.74, 6) is 0. The van der Waals surface area contributed by atoms with Gasteiger partial charge in [0.1, 0.15) is 0 Å². The van der Waals surface area contributed by atoms with E-state index in [2.05, 4.69) is 4.98 Å². The number of aromatic amines is 1. The predicted molar refractivity (Wildman–Crippen MR) is 57.0 cm³/mol. The maximum atomic E-state index is 11.2. The number of nitrogens with two attached hydrogens (primary N) is 1. The fourth-order valence-electron chi connectivity index (χ4n) is 1.05. The van der Waals surface area contributed by atoms with Crippen molar-refractivity contribution >= 4 is 12.4 Å². The standard InChI is InChI=1S/C8H13N3O2.ClH/c1-6-5-11(4-2-3-9)8(13)10-7(6)12;/h5H,2-4,9H2,1H3,(H,10,12,13);1H. The molecule has 1 aromatic rings. The zero-order valence-corrected chi connectivity index (χ0v) is 8.76. The third-order valence-corrected chi connectivity index (χ3v) is 1.79. The van der Waals surface area contributed by atoms with Crippen molar-refractivity contribution in [2.75, 3.05) is 6.54 Å². The Labute approximate surface area is 87.4 Å². The molecule has 80 valence electrons. The lowest BCUT2D eigenvalue weighted by Crippen LogP contribution is -2.31. The Kier molecular flexibility index (Phi) is 5.19. The van der Waals surface area contributed by atoms with Gasteiger partial charge in [-0.2, -0.15) is 0 Å². The molecular weight excluding hydrogens is 206 g/mol. The first kappa shape index (κ1) is 12.9. The van der Waals surface area contributed by atoms with Crippen molar-refractivity contribution in [3.63, 3.8) is 0 Å². The number of H-pyrrole nitrogens is 1. The van der Waals surface area contributed by atoms with Gasteiger partial charge >= 0.3 is 5.69 Å². The summed E-state index contributed by atoms with van der Waals surface area (Å²) < 4.78 is 1.46. The lowest BCUT2D eigenvalue weighted by atomic mass is 10.3. The van der Waals surface area contributed by atoms with Crippen LogP contribution < -0.4 is 17.0 Å². The molecule has 0 aliphatic heterocycles. The second-order valence-corrected chi connectivity index (χ2v) is 2.91. The maximum absolute atomic E-state index is 11.2. The molecule has 14 heavy (non-hydrogen) atoms. The molecular formula is C8H14ClN3O2. The molecule has 0 aliphatic rings. The number of halogens is 1. The highest BCUT2D eigenvalue weighted by atomic mass is 35.5. The van der Waals surface area contributed by atoms with E-state index in [0.29, 0.717) is 18.7 Å². The first-order valence-corrected chi connectivity index (χ1v) is 4.15. The molecule has 3 N–H and O–H groups in total. The smallest absolute Gasteiger partial charge is 0.328 e. The van der Waals surface area contributed by atoms with Crippen molar-refractivity contribution in [1.82, 2.24) is 9.55 Å². The van der Waals surface area contributed by atoms with E-state index in [4.69, 9.17) is 5.73 Å². The monoisotopic (exact) mass is 219 g/mol. The molecule has 0 atom stereocenters. The van der Waals surface area contributed by atoms with Gasteiger partial charge in [0.15, 0.2) is 0 Å². The van der Waals surface area contributed by atoms with Gasteiger partial charge in [-0.25, -0.2) is 4.79 Å². The van der Waals surface area contributed by atoms with Crippen molar-refractivity contribution in [3.05, 3.63) is 32.6 Å². The minimum atomic E-state index is -0.371. The summed E-state index contributed by atoms with van der Waals surface area (Å²) in [5.41, 5.74) is 5.15. The van der Waals surface area contributed by atoms with Gasteiger partial charge < -0.3 is 10.3 Å².